The summed E-state index contributed by atoms with van der Waals surface area (Å²) >= 11 is 0. The molecule has 1 aromatic rings. The van der Waals surface area contributed by atoms with Crippen LogP contribution in [0.1, 0.15) is 25.0 Å². The van der Waals surface area contributed by atoms with Gasteiger partial charge in [0.05, 0.1) is 30.4 Å². The van der Waals surface area contributed by atoms with E-state index in [0.29, 0.717) is 19.6 Å². The van der Waals surface area contributed by atoms with Crippen molar-refractivity contribution in [1.29, 1.82) is 0 Å². The van der Waals surface area contributed by atoms with Gasteiger partial charge in [0, 0.05) is 39.9 Å². The monoisotopic (exact) mass is 293 g/mol. The zero-order valence-corrected chi connectivity index (χ0v) is 12.7. The molecule has 0 unspecified atom stereocenters. The number of carbonyl (C=O) groups excluding carboxylic acids is 1. The Hall–Kier alpha value is -1.40. The van der Waals surface area contributed by atoms with Gasteiger partial charge < -0.3 is 14.4 Å². The van der Waals surface area contributed by atoms with E-state index in [1.807, 2.05) is 24.2 Å². The average molecular weight is 293 g/mol. The first-order chi connectivity index (χ1) is 10.1. The van der Waals surface area contributed by atoms with Crippen molar-refractivity contribution in [2.45, 2.75) is 37.4 Å². The molecule has 1 amide bonds. The standard InChI is InChI=1S/C15H23N3O3/c1-17-7-4-12(16-17)8-14(19)18-6-3-5-15(11-18)9-13(20-2)10-21-15/h4,7,13H,3,5-6,8-11H2,1-2H3/t13-,15+/m0/s1. The summed E-state index contributed by atoms with van der Waals surface area (Å²) in [4.78, 5) is 14.4. The third-order valence-electron chi connectivity index (χ3n) is 4.50. The van der Waals surface area contributed by atoms with E-state index < -0.39 is 0 Å². The van der Waals surface area contributed by atoms with Crippen molar-refractivity contribution in [2.24, 2.45) is 7.05 Å². The quantitative estimate of drug-likeness (QED) is 0.825. The van der Waals surface area contributed by atoms with E-state index in [4.69, 9.17) is 9.47 Å². The fraction of sp³-hybridized carbons (Fsp3) is 0.733. The highest BCUT2D eigenvalue weighted by molar-refractivity contribution is 5.78. The summed E-state index contributed by atoms with van der Waals surface area (Å²) in [7, 11) is 3.58. The van der Waals surface area contributed by atoms with Crippen molar-refractivity contribution >= 4 is 5.91 Å². The minimum Gasteiger partial charge on any atom is -0.379 e. The molecule has 2 fully saturated rings. The number of carbonyl (C=O) groups is 1. The predicted molar refractivity (Wildman–Crippen MR) is 76.8 cm³/mol. The number of methoxy groups -OCH3 is 1. The van der Waals surface area contributed by atoms with Gasteiger partial charge in [-0.15, -0.1) is 0 Å². The second kappa shape index (κ2) is 5.77. The molecule has 0 aromatic carbocycles. The molecule has 2 saturated heterocycles. The van der Waals surface area contributed by atoms with Crippen LogP contribution < -0.4 is 0 Å². The Morgan fingerprint density at radius 3 is 3.14 bits per heavy atom. The Balaban J connectivity index is 1.62. The molecular weight excluding hydrogens is 270 g/mol. The normalized spacial score (nSPS) is 29.2. The summed E-state index contributed by atoms with van der Waals surface area (Å²) in [6.07, 6.45) is 5.28. The van der Waals surface area contributed by atoms with Crippen molar-refractivity contribution in [3.05, 3.63) is 18.0 Å². The Morgan fingerprint density at radius 2 is 2.48 bits per heavy atom. The van der Waals surface area contributed by atoms with E-state index in [0.717, 1.165) is 31.5 Å². The molecule has 3 heterocycles. The van der Waals surface area contributed by atoms with Gasteiger partial charge in [0.2, 0.25) is 5.91 Å². The third kappa shape index (κ3) is 3.11. The number of piperidine rings is 1. The number of nitrogens with zero attached hydrogens (tertiary/aromatic N) is 3. The fourth-order valence-electron chi connectivity index (χ4n) is 3.37. The summed E-state index contributed by atoms with van der Waals surface area (Å²) in [5, 5.41) is 4.28. The second-order valence-electron chi connectivity index (χ2n) is 6.13. The Labute approximate surface area is 125 Å². The number of hydrogen-bond acceptors (Lipinski definition) is 4. The van der Waals surface area contributed by atoms with Crippen molar-refractivity contribution in [3.8, 4) is 0 Å². The summed E-state index contributed by atoms with van der Waals surface area (Å²) in [5.74, 6) is 0.136. The maximum atomic E-state index is 12.5. The highest BCUT2D eigenvalue weighted by atomic mass is 16.6. The number of ether oxygens (including phenoxy) is 2. The van der Waals surface area contributed by atoms with Gasteiger partial charge in [0.1, 0.15) is 0 Å². The van der Waals surface area contributed by atoms with Gasteiger partial charge in [0.25, 0.3) is 0 Å². The molecule has 0 radical (unpaired) electrons. The maximum absolute atomic E-state index is 12.5. The van der Waals surface area contributed by atoms with Crippen LogP contribution in [0.4, 0.5) is 0 Å². The smallest absolute Gasteiger partial charge is 0.228 e. The molecule has 0 saturated carbocycles. The van der Waals surface area contributed by atoms with Gasteiger partial charge in [-0.3, -0.25) is 9.48 Å². The summed E-state index contributed by atoms with van der Waals surface area (Å²) in [5.41, 5.74) is 0.628. The molecule has 3 rings (SSSR count). The van der Waals surface area contributed by atoms with Gasteiger partial charge in [-0.25, -0.2) is 0 Å². The SMILES string of the molecule is CO[C@@H]1CO[C@]2(CCCN(C(=O)Cc3ccn(C)n3)C2)C1. The highest BCUT2D eigenvalue weighted by Crippen LogP contribution is 2.35. The Bertz CT molecular complexity index is 516. The van der Waals surface area contributed by atoms with Crippen LogP contribution in [0.5, 0.6) is 0 Å². The lowest BCUT2D eigenvalue weighted by atomic mass is 9.89. The van der Waals surface area contributed by atoms with Gasteiger partial charge in [-0.2, -0.15) is 5.10 Å². The van der Waals surface area contributed by atoms with E-state index in [9.17, 15) is 4.79 Å². The number of amides is 1. The topological polar surface area (TPSA) is 56.6 Å². The van der Waals surface area contributed by atoms with Crippen LogP contribution in [0.25, 0.3) is 0 Å². The number of likely N-dealkylation sites (tertiary alicyclic amines) is 1. The first-order valence-corrected chi connectivity index (χ1v) is 7.53. The Kier molecular flexibility index (Phi) is 3.99. The highest BCUT2D eigenvalue weighted by Gasteiger charge is 2.44. The molecule has 0 bridgehead atoms. The molecule has 6 nitrogen and oxygen atoms in total. The lowest BCUT2D eigenvalue weighted by Crippen LogP contribution is -2.50. The maximum Gasteiger partial charge on any atom is 0.228 e. The fourth-order valence-corrected chi connectivity index (χ4v) is 3.37. The van der Waals surface area contributed by atoms with Crippen molar-refractivity contribution in [3.63, 3.8) is 0 Å². The van der Waals surface area contributed by atoms with Crippen molar-refractivity contribution in [2.75, 3.05) is 26.8 Å². The molecule has 1 spiro atoms. The van der Waals surface area contributed by atoms with Crippen LogP contribution in [0.2, 0.25) is 0 Å². The largest absolute Gasteiger partial charge is 0.379 e. The molecule has 116 valence electrons. The predicted octanol–water partition coefficient (Wildman–Crippen LogP) is 0.759. The van der Waals surface area contributed by atoms with Gasteiger partial charge in [-0.1, -0.05) is 0 Å². The lowest BCUT2D eigenvalue weighted by Gasteiger charge is -2.39. The van der Waals surface area contributed by atoms with E-state index in [-0.39, 0.29) is 17.6 Å². The minimum absolute atomic E-state index is 0.136. The van der Waals surface area contributed by atoms with Gasteiger partial charge >= 0.3 is 0 Å². The minimum atomic E-state index is -0.196. The van der Waals surface area contributed by atoms with E-state index in [1.165, 1.54) is 0 Å². The third-order valence-corrected chi connectivity index (χ3v) is 4.50. The number of aryl methyl sites for hydroxylation is 1. The van der Waals surface area contributed by atoms with E-state index >= 15 is 0 Å². The second-order valence-corrected chi connectivity index (χ2v) is 6.13. The van der Waals surface area contributed by atoms with E-state index in [1.54, 1.807) is 11.8 Å². The van der Waals surface area contributed by atoms with Gasteiger partial charge in [-0.05, 0) is 18.9 Å². The van der Waals surface area contributed by atoms with Gasteiger partial charge in [0.15, 0.2) is 0 Å². The molecule has 0 aliphatic carbocycles. The molecule has 2 atom stereocenters. The molecule has 1 aromatic heterocycles. The molecule has 2 aliphatic heterocycles. The summed E-state index contributed by atoms with van der Waals surface area (Å²) < 4.78 is 13.1. The average Bonchev–Trinajstić information content (AvgIpc) is 3.06. The zero-order chi connectivity index (χ0) is 14.9. The van der Waals surface area contributed by atoms with Crippen LogP contribution in [-0.2, 0) is 27.7 Å². The number of rotatable bonds is 3. The molecule has 21 heavy (non-hydrogen) atoms. The van der Waals surface area contributed by atoms with E-state index in [2.05, 4.69) is 5.10 Å². The zero-order valence-electron chi connectivity index (χ0n) is 12.7. The van der Waals surface area contributed by atoms with Crippen LogP contribution in [0.15, 0.2) is 12.3 Å². The molecular formula is C15H23N3O3. The molecule has 2 aliphatic rings. The first-order valence-electron chi connectivity index (χ1n) is 7.53. The van der Waals surface area contributed by atoms with Crippen molar-refractivity contribution < 1.29 is 14.3 Å². The summed E-state index contributed by atoms with van der Waals surface area (Å²) in [6.45, 7) is 2.13. The summed E-state index contributed by atoms with van der Waals surface area (Å²) in [6, 6.07) is 1.89. The number of hydrogen-bond donors (Lipinski definition) is 0. The number of aromatic nitrogens is 2. The van der Waals surface area contributed by atoms with Crippen LogP contribution >= 0.6 is 0 Å². The van der Waals surface area contributed by atoms with Crippen LogP contribution in [-0.4, -0.2) is 59.1 Å². The first kappa shape index (κ1) is 14.5. The lowest BCUT2D eigenvalue weighted by molar-refractivity contribution is -0.138. The molecule has 0 N–H and O–H groups in total. The van der Waals surface area contributed by atoms with Crippen molar-refractivity contribution in [1.82, 2.24) is 14.7 Å². The van der Waals surface area contributed by atoms with Crippen LogP contribution in [0.3, 0.4) is 0 Å². The van der Waals surface area contributed by atoms with Crippen LogP contribution in [0, 0.1) is 0 Å². The molecule has 6 heteroatoms. The Morgan fingerprint density at radius 1 is 1.62 bits per heavy atom.